The predicted molar refractivity (Wildman–Crippen MR) is 111 cm³/mol. The number of rotatable bonds is 5. The number of halogens is 2. The quantitative estimate of drug-likeness (QED) is 0.700. The zero-order valence-corrected chi connectivity index (χ0v) is 17.3. The van der Waals surface area contributed by atoms with Gasteiger partial charge in [0.25, 0.3) is 11.8 Å². The Kier molecular flexibility index (Phi) is 5.15. The van der Waals surface area contributed by atoms with Crippen LogP contribution in [0.5, 0.6) is 11.5 Å². The van der Waals surface area contributed by atoms with E-state index in [0.717, 1.165) is 0 Å². The number of imide groups is 1. The van der Waals surface area contributed by atoms with Crippen molar-refractivity contribution in [2.45, 2.75) is 13.8 Å². The number of hydrogen-bond donors (Lipinski definition) is 1. The highest BCUT2D eigenvalue weighted by Crippen LogP contribution is 2.38. The summed E-state index contributed by atoms with van der Waals surface area (Å²) in [6, 6.07) is 10.0. The number of anilines is 1. The molecule has 0 saturated carbocycles. The molecule has 0 aliphatic carbocycles. The third kappa shape index (κ3) is 3.66. The molecule has 2 aromatic rings. The van der Waals surface area contributed by atoms with E-state index in [1.807, 2.05) is 13.8 Å². The Bertz CT molecular complexity index is 1050. The fourth-order valence-corrected chi connectivity index (χ4v) is 3.79. The maximum absolute atomic E-state index is 13.1. The van der Waals surface area contributed by atoms with Crippen molar-refractivity contribution in [1.82, 2.24) is 4.90 Å². The average Bonchev–Trinajstić information content (AvgIpc) is 3.21. The van der Waals surface area contributed by atoms with Crippen molar-refractivity contribution in [3.63, 3.8) is 0 Å². The first-order valence-electron chi connectivity index (χ1n) is 9.07. The van der Waals surface area contributed by atoms with Gasteiger partial charge in [-0.1, -0.05) is 43.1 Å². The van der Waals surface area contributed by atoms with Gasteiger partial charge in [-0.05, 0) is 30.2 Å². The zero-order valence-electron chi connectivity index (χ0n) is 15.8. The molecule has 2 heterocycles. The minimum absolute atomic E-state index is 0.120. The van der Waals surface area contributed by atoms with Crippen molar-refractivity contribution in [1.29, 1.82) is 0 Å². The average molecular weight is 433 g/mol. The normalized spacial score (nSPS) is 15.7. The lowest BCUT2D eigenvalue weighted by molar-refractivity contribution is -0.137. The van der Waals surface area contributed by atoms with Crippen molar-refractivity contribution in [3.05, 3.63) is 57.7 Å². The van der Waals surface area contributed by atoms with Gasteiger partial charge in [-0.15, -0.1) is 0 Å². The van der Waals surface area contributed by atoms with Crippen molar-refractivity contribution >= 4 is 46.3 Å². The molecule has 2 aliphatic rings. The third-order valence-corrected chi connectivity index (χ3v) is 5.11. The molecule has 0 spiro atoms. The van der Waals surface area contributed by atoms with Gasteiger partial charge in [0.1, 0.15) is 5.70 Å². The molecule has 0 radical (unpaired) electrons. The Hall–Kier alpha value is -2.70. The fraction of sp³-hybridized carbons (Fsp3) is 0.238. The molecule has 0 atom stereocenters. The van der Waals surface area contributed by atoms with Crippen LogP contribution in [-0.2, 0) is 9.59 Å². The summed E-state index contributed by atoms with van der Waals surface area (Å²) in [7, 11) is 0. The largest absolute Gasteiger partial charge is 0.454 e. The summed E-state index contributed by atoms with van der Waals surface area (Å²) in [6.45, 7) is 4.34. The van der Waals surface area contributed by atoms with Crippen LogP contribution in [-0.4, -0.2) is 30.1 Å². The van der Waals surface area contributed by atoms with E-state index < -0.39 is 11.8 Å². The second-order valence-electron chi connectivity index (χ2n) is 7.18. The monoisotopic (exact) mass is 432 g/mol. The maximum atomic E-state index is 13.1. The van der Waals surface area contributed by atoms with Gasteiger partial charge in [0.2, 0.25) is 6.79 Å². The molecular weight excluding hydrogens is 415 g/mol. The molecule has 0 unspecified atom stereocenters. The van der Waals surface area contributed by atoms with Crippen LogP contribution >= 0.6 is 23.2 Å². The predicted octanol–water partition coefficient (Wildman–Crippen LogP) is 4.57. The summed E-state index contributed by atoms with van der Waals surface area (Å²) >= 11 is 12.4. The summed E-state index contributed by atoms with van der Waals surface area (Å²) in [5.41, 5.74) is 1.43. The first kappa shape index (κ1) is 19.6. The maximum Gasteiger partial charge on any atom is 0.278 e. The number of nitrogens with zero attached hydrogens (tertiary/aromatic N) is 1. The van der Waals surface area contributed by atoms with Gasteiger partial charge in [-0.3, -0.25) is 14.5 Å². The number of carbonyl (C=O) groups is 2. The van der Waals surface area contributed by atoms with Crippen LogP contribution in [0.25, 0.3) is 5.57 Å². The fourth-order valence-electron chi connectivity index (χ4n) is 3.28. The van der Waals surface area contributed by atoms with Crippen molar-refractivity contribution in [3.8, 4) is 11.5 Å². The SMILES string of the molecule is CC(C)CN1C(=O)C(Nc2ccc3c(c2)OCO3)=C(c2ccc(Cl)cc2Cl)C1=O. The number of fused-ring (bicyclic) bond motifs is 1. The first-order valence-corrected chi connectivity index (χ1v) is 9.83. The van der Waals surface area contributed by atoms with E-state index >= 15 is 0 Å². The van der Waals surface area contributed by atoms with Gasteiger partial charge in [0, 0.05) is 28.9 Å². The molecule has 0 aromatic heterocycles. The van der Waals surface area contributed by atoms with Crippen LogP contribution in [0.2, 0.25) is 10.0 Å². The van der Waals surface area contributed by atoms with E-state index in [4.69, 9.17) is 32.7 Å². The smallest absolute Gasteiger partial charge is 0.278 e. The van der Waals surface area contributed by atoms with Gasteiger partial charge in [0.05, 0.1) is 10.6 Å². The number of hydrogen-bond acceptors (Lipinski definition) is 5. The number of benzene rings is 2. The lowest BCUT2D eigenvalue weighted by Gasteiger charge is -2.17. The van der Waals surface area contributed by atoms with E-state index in [0.29, 0.717) is 39.3 Å². The van der Waals surface area contributed by atoms with Gasteiger partial charge in [-0.25, -0.2) is 0 Å². The first-order chi connectivity index (χ1) is 13.8. The third-order valence-electron chi connectivity index (χ3n) is 4.56. The summed E-state index contributed by atoms with van der Waals surface area (Å²) < 4.78 is 10.7. The van der Waals surface area contributed by atoms with Crippen LogP contribution in [0.3, 0.4) is 0 Å². The van der Waals surface area contributed by atoms with Crippen molar-refractivity contribution in [2.75, 3.05) is 18.7 Å². The molecule has 4 rings (SSSR count). The Morgan fingerprint density at radius 1 is 1.03 bits per heavy atom. The topological polar surface area (TPSA) is 67.9 Å². The minimum Gasteiger partial charge on any atom is -0.454 e. The molecule has 2 amide bonds. The molecule has 0 bridgehead atoms. The molecule has 29 heavy (non-hydrogen) atoms. The van der Waals surface area contributed by atoms with Gasteiger partial charge < -0.3 is 14.8 Å². The Labute approximate surface area is 178 Å². The van der Waals surface area contributed by atoms with E-state index in [-0.39, 0.29) is 24.0 Å². The van der Waals surface area contributed by atoms with Crippen LogP contribution in [0.15, 0.2) is 42.1 Å². The molecule has 6 nitrogen and oxygen atoms in total. The van der Waals surface area contributed by atoms with E-state index in [1.54, 1.807) is 36.4 Å². The number of ether oxygens (including phenoxy) is 2. The molecule has 0 fully saturated rings. The van der Waals surface area contributed by atoms with Crippen LogP contribution in [0.4, 0.5) is 5.69 Å². The Balaban J connectivity index is 1.79. The van der Waals surface area contributed by atoms with Crippen LogP contribution in [0, 0.1) is 5.92 Å². The van der Waals surface area contributed by atoms with Crippen LogP contribution < -0.4 is 14.8 Å². The summed E-state index contributed by atoms with van der Waals surface area (Å²) in [5.74, 6) is 0.520. The Morgan fingerprint density at radius 2 is 1.79 bits per heavy atom. The van der Waals surface area contributed by atoms with E-state index in [2.05, 4.69) is 5.32 Å². The number of nitrogens with one attached hydrogen (secondary N) is 1. The van der Waals surface area contributed by atoms with E-state index in [1.165, 1.54) is 4.90 Å². The molecule has 2 aliphatic heterocycles. The summed E-state index contributed by atoms with van der Waals surface area (Å²) in [4.78, 5) is 27.5. The number of carbonyl (C=O) groups excluding carboxylic acids is 2. The highest BCUT2D eigenvalue weighted by atomic mass is 35.5. The molecular formula is C21H18Cl2N2O4. The van der Waals surface area contributed by atoms with Crippen molar-refractivity contribution < 1.29 is 19.1 Å². The van der Waals surface area contributed by atoms with Gasteiger partial charge in [-0.2, -0.15) is 0 Å². The molecule has 2 aromatic carbocycles. The molecule has 8 heteroatoms. The lowest BCUT2D eigenvalue weighted by Crippen LogP contribution is -2.35. The lowest BCUT2D eigenvalue weighted by atomic mass is 10.0. The standard InChI is InChI=1S/C21H18Cl2N2O4/c1-11(2)9-25-20(26)18(14-5-3-12(22)7-15(14)23)19(21(25)27)24-13-4-6-16-17(8-13)29-10-28-16/h3-8,11,24H,9-10H2,1-2H3. The second-order valence-corrected chi connectivity index (χ2v) is 8.03. The summed E-state index contributed by atoms with van der Waals surface area (Å²) in [5, 5.41) is 3.83. The highest BCUT2D eigenvalue weighted by molar-refractivity contribution is 6.41. The molecule has 150 valence electrons. The zero-order chi connectivity index (χ0) is 20.7. The van der Waals surface area contributed by atoms with Crippen molar-refractivity contribution in [2.24, 2.45) is 5.92 Å². The Morgan fingerprint density at radius 3 is 2.52 bits per heavy atom. The van der Waals surface area contributed by atoms with Crippen LogP contribution in [0.1, 0.15) is 19.4 Å². The molecule has 0 saturated heterocycles. The molecule has 1 N–H and O–H groups in total. The highest BCUT2D eigenvalue weighted by Gasteiger charge is 2.40. The second kappa shape index (κ2) is 7.61. The number of amides is 2. The minimum atomic E-state index is -0.401. The van der Waals surface area contributed by atoms with Gasteiger partial charge >= 0.3 is 0 Å². The van der Waals surface area contributed by atoms with Gasteiger partial charge in [0.15, 0.2) is 11.5 Å². The van der Waals surface area contributed by atoms with E-state index in [9.17, 15) is 9.59 Å². The summed E-state index contributed by atoms with van der Waals surface area (Å²) in [6.07, 6.45) is 0.